The molecule has 5 saturated carbocycles. The molecule has 0 heterocycles. The van der Waals surface area contributed by atoms with Crippen molar-refractivity contribution >= 4 is 11.8 Å². The molecule has 2 N–H and O–H groups in total. The topological polar surface area (TPSA) is 58.2 Å². The van der Waals surface area contributed by atoms with Crippen molar-refractivity contribution in [3.8, 4) is 0 Å². The number of carbonyl (C=O) groups excluding carboxylic acids is 2. The van der Waals surface area contributed by atoms with Crippen molar-refractivity contribution in [2.24, 2.45) is 29.1 Å². The highest BCUT2D eigenvalue weighted by atomic mass is 16.2. The Morgan fingerprint density at radius 3 is 2.16 bits per heavy atom. The Hall–Kier alpha value is -1.84. The van der Waals surface area contributed by atoms with Gasteiger partial charge >= 0.3 is 0 Å². The molecule has 0 saturated heterocycles. The molecule has 1 aromatic carbocycles. The standard InChI is InChI=1S/C28H40N2O2/c31-26(29-13-7-10-20-8-3-1-4-9-20)25(24-11-5-2-6-12-24)30-27(32)28-17-21-14-22(18-28)16-23(15-21)19-28/h1,3-4,8-9,21-25H,2,5-7,10-19H2,(H,29,31)(H,30,32). The van der Waals surface area contributed by atoms with Crippen LogP contribution in [-0.2, 0) is 16.0 Å². The number of amides is 2. The van der Waals surface area contributed by atoms with E-state index >= 15 is 0 Å². The first-order valence-electron chi connectivity index (χ1n) is 13.2. The SMILES string of the molecule is O=C(NCCCc1ccccc1)C(NC(=O)C12CC3CC(CC(C3)C1)C2)C1CCCCC1. The molecule has 0 spiro atoms. The highest BCUT2D eigenvalue weighted by molar-refractivity contribution is 5.90. The molecule has 4 heteroatoms. The summed E-state index contributed by atoms with van der Waals surface area (Å²) in [5, 5.41) is 6.53. The summed E-state index contributed by atoms with van der Waals surface area (Å²) >= 11 is 0. The minimum Gasteiger partial charge on any atom is -0.354 e. The van der Waals surface area contributed by atoms with E-state index in [0.717, 1.165) is 62.7 Å². The molecule has 32 heavy (non-hydrogen) atoms. The second kappa shape index (κ2) is 9.57. The number of benzene rings is 1. The van der Waals surface area contributed by atoms with E-state index in [1.165, 1.54) is 44.1 Å². The predicted octanol–water partition coefficient (Wildman–Crippen LogP) is 5.02. The maximum atomic E-state index is 13.7. The van der Waals surface area contributed by atoms with Gasteiger partial charge in [0.2, 0.25) is 11.8 Å². The molecule has 1 atom stereocenters. The van der Waals surface area contributed by atoms with Gasteiger partial charge < -0.3 is 10.6 Å². The lowest BCUT2D eigenvalue weighted by Gasteiger charge is -2.56. The van der Waals surface area contributed by atoms with E-state index < -0.39 is 0 Å². The molecule has 1 unspecified atom stereocenters. The molecule has 0 aliphatic heterocycles. The summed E-state index contributed by atoms with van der Waals surface area (Å²) in [6.45, 7) is 0.671. The van der Waals surface area contributed by atoms with Gasteiger partial charge in [0.1, 0.15) is 6.04 Å². The van der Waals surface area contributed by atoms with Crippen molar-refractivity contribution in [1.29, 1.82) is 0 Å². The van der Waals surface area contributed by atoms with Gasteiger partial charge in [-0.05, 0) is 93.4 Å². The fraction of sp³-hybridized carbons (Fsp3) is 0.714. The van der Waals surface area contributed by atoms with Crippen LogP contribution in [0.1, 0.15) is 82.6 Å². The number of carbonyl (C=O) groups is 2. The zero-order valence-corrected chi connectivity index (χ0v) is 19.5. The Morgan fingerprint density at radius 2 is 1.53 bits per heavy atom. The second-order valence-corrected chi connectivity index (χ2v) is 11.4. The Labute approximate surface area is 193 Å². The quantitative estimate of drug-likeness (QED) is 0.562. The molecule has 4 bridgehead atoms. The number of rotatable bonds is 8. The smallest absolute Gasteiger partial charge is 0.242 e. The van der Waals surface area contributed by atoms with Gasteiger partial charge in [0.05, 0.1) is 0 Å². The van der Waals surface area contributed by atoms with Crippen molar-refractivity contribution in [2.45, 2.75) is 89.5 Å². The lowest BCUT2D eigenvalue weighted by atomic mass is 9.49. The van der Waals surface area contributed by atoms with Crippen LogP contribution in [0.3, 0.4) is 0 Å². The molecule has 5 aliphatic carbocycles. The molecule has 5 aliphatic rings. The lowest BCUT2D eigenvalue weighted by molar-refractivity contribution is -0.149. The maximum Gasteiger partial charge on any atom is 0.242 e. The number of nitrogens with one attached hydrogen (secondary N) is 2. The van der Waals surface area contributed by atoms with E-state index in [1.54, 1.807) is 0 Å². The van der Waals surface area contributed by atoms with Crippen molar-refractivity contribution in [1.82, 2.24) is 10.6 Å². The van der Waals surface area contributed by atoms with Gasteiger partial charge in [-0.15, -0.1) is 0 Å². The van der Waals surface area contributed by atoms with Crippen LogP contribution >= 0.6 is 0 Å². The summed E-state index contributed by atoms with van der Waals surface area (Å²) in [5.41, 5.74) is 1.12. The Balaban J connectivity index is 1.21. The molecule has 0 radical (unpaired) electrons. The first-order valence-corrected chi connectivity index (χ1v) is 13.2. The largest absolute Gasteiger partial charge is 0.354 e. The Kier molecular flexibility index (Phi) is 6.57. The fourth-order valence-corrected chi connectivity index (χ4v) is 7.81. The van der Waals surface area contributed by atoms with Gasteiger partial charge in [-0.3, -0.25) is 9.59 Å². The lowest BCUT2D eigenvalue weighted by Crippen LogP contribution is -2.59. The van der Waals surface area contributed by atoms with Gasteiger partial charge in [0.25, 0.3) is 0 Å². The third-order valence-corrected chi connectivity index (χ3v) is 8.99. The summed E-state index contributed by atoms with van der Waals surface area (Å²) < 4.78 is 0. The average molecular weight is 437 g/mol. The van der Waals surface area contributed by atoms with Crippen LogP contribution in [0.5, 0.6) is 0 Å². The Morgan fingerprint density at radius 1 is 0.906 bits per heavy atom. The molecule has 4 nitrogen and oxygen atoms in total. The van der Waals surface area contributed by atoms with Gasteiger partial charge in [0, 0.05) is 12.0 Å². The van der Waals surface area contributed by atoms with Crippen LogP contribution in [0.15, 0.2) is 30.3 Å². The first-order chi connectivity index (χ1) is 15.6. The highest BCUT2D eigenvalue weighted by Crippen LogP contribution is 2.60. The number of hydrogen-bond acceptors (Lipinski definition) is 2. The minimum absolute atomic E-state index is 0.0445. The molecular weight excluding hydrogens is 396 g/mol. The third kappa shape index (κ3) is 4.75. The summed E-state index contributed by atoms with van der Waals surface area (Å²) in [6, 6.07) is 10.1. The molecule has 2 amide bonds. The molecule has 1 aromatic rings. The normalized spacial score (nSPS) is 32.4. The van der Waals surface area contributed by atoms with E-state index in [2.05, 4.69) is 34.9 Å². The van der Waals surface area contributed by atoms with Crippen molar-refractivity contribution in [2.75, 3.05) is 6.54 Å². The highest BCUT2D eigenvalue weighted by Gasteiger charge is 2.55. The summed E-state index contributed by atoms with van der Waals surface area (Å²) in [5.74, 6) is 2.76. The minimum atomic E-state index is -0.354. The number of aryl methyl sites for hydroxylation is 1. The van der Waals surface area contributed by atoms with Gasteiger partial charge in [0.15, 0.2) is 0 Å². The van der Waals surface area contributed by atoms with E-state index in [0.29, 0.717) is 6.54 Å². The third-order valence-electron chi connectivity index (χ3n) is 8.99. The molecule has 5 fully saturated rings. The monoisotopic (exact) mass is 436 g/mol. The summed E-state index contributed by atoms with van der Waals surface area (Å²) in [7, 11) is 0. The summed E-state index contributed by atoms with van der Waals surface area (Å²) in [6.07, 6.45) is 14.8. The van der Waals surface area contributed by atoms with Crippen LogP contribution in [0.25, 0.3) is 0 Å². The fourth-order valence-electron chi connectivity index (χ4n) is 7.81. The molecule has 0 aromatic heterocycles. The van der Waals surface area contributed by atoms with Crippen LogP contribution < -0.4 is 10.6 Å². The van der Waals surface area contributed by atoms with Crippen LogP contribution in [0, 0.1) is 29.1 Å². The van der Waals surface area contributed by atoms with E-state index in [-0.39, 0.29) is 29.2 Å². The first kappa shape index (κ1) is 22.0. The van der Waals surface area contributed by atoms with Crippen molar-refractivity contribution in [3.05, 3.63) is 35.9 Å². The van der Waals surface area contributed by atoms with E-state index in [1.807, 2.05) is 6.07 Å². The van der Waals surface area contributed by atoms with E-state index in [4.69, 9.17) is 0 Å². The predicted molar refractivity (Wildman–Crippen MR) is 127 cm³/mol. The van der Waals surface area contributed by atoms with E-state index in [9.17, 15) is 9.59 Å². The van der Waals surface area contributed by atoms with Crippen molar-refractivity contribution < 1.29 is 9.59 Å². The van der Waals surface area contributed by atoms with Crippen LogP contribution in [0.4, 0.5) is 0 Å². The number of hydrogen-bond donors (Lipinski definition) is 2. The van der Waals surface area contributed by atoms with Crippen LogP contribution in [0.2, 0.25) is 0 Å². The van der Waals surface area contributed by atoms with Crippen LogP contribution in [-0.4, -0.2) is 24.4 Å². The molecular formula is C28H40N2O2. The summed E-state index contributed by atoms with van der Waals surface area (Å²) in [4.78, 5) is 27.0. The second-order valence-electron chi connectivity index (χ2n) is 11.4. The molecule has 6 rings (SSSR count). The molecule has 174 valence electrons. The van der Waals surface area contributed by atoms with Gasteiger partial charge in [-0.25, -0.2) is 0 Å². The van der Waals surface area contributed by atoms with Crippen molar-refractivity contribution in [3.63, 3.8) is 0 Å². The van der Waals surface area contributed by atoms with Gasteiger partial charge in [-0.1, -0.05) is 49.6 Å². The Bertz CT molecular complexity index is 764. The zero-order chi connectivity index (χ0) is 22.0. The zero-order valence-electron chi connectivity index (χ0n) is 19.5. The van der Waals surface area contributed by atoms with Gasteiger partial charge in [-0.2, -0.15) is 0 Å². The maximum absolute atomic E-state index is 13.7. The average Bonchev–Trinajstić information content (AvgIpc) is 2.80.